The van der Waals surface area contributed by atoms with Crippen LogP contribution in [0.3, 0.4) is 0 Å². The fourth-order valence-corrected chi connectivity index (χ4v) is 4.16. The lowest BCUT2D eigenvalue weighted by Gasteiger charge is -2.09. The molecular formula is C34H42O3. The van der Waals surface area contributed by atoms with Gasteiger partial charge in [-0.2, -0.15) is 0 Å². The minimum Gasteiger partial charge on any atom is -0.494 e. The molecule has 0 saturated heterocycles. The quantitative estimate of drug-likeness (QED) is 0.0854. The Bertz CT molecular complexity index is 1070. The SMILES string of the molecule is C=CCCCCCCCOc1ccc(OC(=O)c2ccc(-c3ccc(CC[C@@H](C)CC)cc3)cc2)cc1. The average Bonchev–Trinajstić information content (AvgIpc) is 2.94. The van der Waals surface area contributed by atoms with E-state index >= 15 is 0 Å². The van der Waals surface area contributed by atoms with Gasteiger partial charge in [-0.15, -0.1) is 6.58 Å². The van der Waals surface area contributed by atoms with Gasteiger partial charge in [0.05, 0.1) is 12.2 Å². The number of rotatable bonds is 16. The Morgan fingerprint density at radius 3 is 2.05 bits per heavy atom. The number of hydrogen-bond acceptors (Lipinski definition) is 3. The Hall–Kier alpha value is -3.33. The molecule has 3 rings (SSSR count). The molecule has 3 aromatic rings. The third-order valence-corrected chi connectivity index (χ3v) is 6.89. The zero-order valence-electron chi connectivity index (χ0n) is 22.6. The minimum absolute atomic E-state index is 0.364. The van der Waals surface area contributed by atoms with Gasteiger partial charge in [0.15, 0.2) is 0 Å². The van der Waals surface area contributed by atoms with Crippen LogP contribution in [0.25, 0.3) is 11.1 Å². The molecule has 0 amide bonds. The largest absolute Gasteiger partial charge is 0.494 e. The van der Waals surface area contributed by atoms with Crippen molar-refractivity contribution in [1.29, 1.82) is 0 Å². The Balaban J connectivity index is 1.43. The molecule has 0 unspecified atom stereocenters. The van der Waals surface area contributed by atoms with Crippen molar-refractivity contribution >= 4 is 5.97 Å². The molecule has 0 fully saturated rings. The highest BCUT2D eigenvalue weighted by Gasteiger charge is 2.10. The topological polar surface area (TPSA) is 35.5 Å². The summed E-state index contributed by atoms with van der Waals surface area (Å²) in [4.78, 5) is 12.6. The zero-order valence-corrected chi connectivity index (χ0v) is 22.6. The second-order valence-electron chi connectivity index (χ2n) is 9.88. The summed E-state index contributed by atoms with van der Waals surface area (Å²) in [6.07, 6.45) is 12.6. The van der Waals surface area contributed by atoms with Crippen LogP contribution in [0.4, 0.5) is 0 Å². The average molecular weight is 499 g/mol. The van der Waals surface area contributed by atoms with Crippen molar-refractivity contribution in [2.45, 2.75) is 71.6 Å². The van der Waals surface area contributed by atoms with E-state index in [1.54, 1.807) is 12.1 Å². The number of hydrogen-bond donors (Lipinski definition) is 0. The summed E-state index contributed by atoms with van der Waals surface area (Å²) in [6.45, 7) is 9.01. The lowest BCUT2D eigenvalue weighted by molar-refractivity contribution is 0.0734. The van der Waals surface area contributed by atoms with Gasteiger partial charge in [0.25, 0.3) is 0 Å². The standard InChI is InChI=1S/C34H42O3/c1-4-6-7-8-9-10-11-26-36-32-22-24-33(25-23-32)37-34(35)31-20-18-30(19-21-31)29-16-14-28(15-17-29)13-12-27(3)5-2/h4,14-25,27H,1,5-13,26H2,2-3H3/t27-/m0/s1. The van der Waals surface area contributed by atoms with Crippen molar-refractivity contribution in [2.24, 2.45) is 5.92 Å². The fourth-order valence-electron chi connectivity index (χ4n) is 4.16. The van der Waals surface area contributed by atoms with Crippen LogP contribution < -0.4 is 9.47 Å². The molecule has 0 spiro atoms. The summed E-state index contributed by atoms with van der Waals surface area (Å²) < 4.78 is 11.4. The van der Waals surface area contributed by atoms with Crippen molar-refractivity contribution in [2.75, 3.05) is 6.61 Å². The first kappa shape index (κ1) is 28.2. The molecule has 196 valence electrons. The van der Waals surface area contributed by atoms with E-state index in [0.717, 1.165) is 42.1 Å². The molecule has 0 bridgehead atoms. The van der Waals surface area contributed by atoms with Gasteiger partial charge < -0.3 is 9.47 Å². The molecule has 3 aromatic carbocycles. The minimum atomic E-state index is -0.364. The Morgan fingerprint density at radius 2 is 1.41 bits per heavy atom. The third-order valence-electron chi connectivity index (χ3n) is 6.89. The first-order chi connectivity index (χ1) is 18.1. The number of esters is 1. The van der Waals surface area contributed by atoms with E-state index < -0.39 is 0 Å². The number of carbonyl (C=O) groups is 1. The molecule has 0 aliphatic carbocycles. The van der Waals surface area contributed by atoms with Crippen LogP contribution in [0.1, 0.15) is 81.1 Å². The number of allylic oxidation sites excluding steroid dienone is 1. The summed E-state index contributed by atoms with van der Waals surface area (Å²) >= 11 is 0. The van der Waals surface area contributed by atoms with Crippen LogP contribution in [-0.4, -0.2) is 12.6 Å². The van der Waals surface area contributed by atoms with Gasteiger partial charge in [0.2, 0.25) is 0 Å². The smallest absolute Gasteiger partial charge is 0.343 e. The van der Waals surface area contributed by atoms with E-state index in [9.17, 15) is 4.79 Å². The zero-order chi connectivity index (χ0) is 26.3. The first-order valence-corrected chi connectivity index (χ1v) is 13.8. The maximum Gasteiger partial charge on any atom is 0.343 e. The molecular weight excluding hydrogens is 456 g/mol. The van der Waals surface area contributed by atoms with Gasteiger partial charge in [-0.3, -0.25) is 0 Å². The number of ether oxygens (including phenoxy) is 2. The predicted octanol–water partition coefficient (Wildman–Crippen LogP) is 9.46. The van der Waals surface area contributed by atoms with E-state index in [4.69, 9.17) is 9.47 Å². The predicted molar refractivity (Wildman–Crippen MR) is 154 cm³/mol. The first-order valence-electron chi connectivity index (χ1n) is 13.8. The molecule has 0 aliphatic rings. The van der Waals surface area contributed by atoms with E-state index in [-0.39, 0.29) is 5.97 Å². The second kappa shape index (κ2) is 15.7. The lowest BCUT2D eigenvalue weighted by Crippen LogP contribution is -2.08. The fraction of sp³-hybridized carbons (Fsp3) is 0.382. The van der Waals surface area contributed by atoms with E-state index in [1.165, 1.54) is 44.1 Å². The van der Waals surface area contributed by atoms with Crippen LogP contribution >= 0.6 is 0 Å². The molecule has 3 heteroatoms. The van der Waals surface area contributed by atoms with Crippen molar-refractivity contribution in [1.82, 2.24) is 0 Å². The van der Waals surface area contributed by atoms with Gasteiger partial charge >= 0.3 is 5.97 Å². The van der Waals surface area contributed by atoms with E-state index in [0.29, 0.717) is 17.9 Å². The van der Waals surface area contributed by atoms with Gasteiger partial charge in [0.1, 0.15) is 11.5 Å². The summed E-state index contributed by atoms with van der Waals surface area (Å²) in [5.41, 5.74) is 4.14. The number of aryl methyl sites for hydroxylation is 1. The maximum atomic E-state index is 12.6. The van der Waals surface area contributed by atoms with Crippen LogP contribution in [0.5, 0.6) is 11.5 Å². The van der Waals surface area contributed by atoms with Crippen LogP contribution in [0.15, 0.2) is 85.5 Å². The van der Waals surface area contributed by atoms with Crippen molar-refractivity contribution in [3.05, 3.63) is 96.6 Å². The van der Waals surface area contributed by atoms with Crippen LogP contribution in [0.2, 0.25) is 0 Å². The van der Waals surface area contributed by atoms with Gasteiger partial charge in [-0.1, -0.05) is 82.0 Å². The highest BCUT2D eigenvalue weighted by molar-refractivity contribution is 5.91. The van der Waals surface area contributed by atoms with Crippen molar-refractivity contribution in [3.8, 4) is 22.6 Å². The number of unbranched alkanes of at least 4 members (excludes halogenated alkanes) is 5. The van der Waals surface area contributed by atoms with Crippen molar-refractivity contribution in [3.63, 3.8) is 0 Å². The summed E-state index contributed by atoms with van der Waals surface area (Å²) in [7, 11) is 0. The molecule has 0 N–H and O–H groups in total. The highest BCUT2D eigenvalue weighted by Crippen LogP contribution is 2.23. The normalized spacial score (nSPS) is 11.6. The van der Waals surface area contributed by atoms with Crippen LogP contribution in [0, 0.1) is 5.92 Å². The van der Waals surface area contributed by atoms with Gasteiger partial charge in [-0.25, -0.2) is 4.79 Å². The second-order valence-corrected chi connectivity index (χ2v) is 9.88. The molecule has 3 nitrogen and oxygen atoms in total. The van der Waals surface area contributed by atoms with Crippen LogP contribution in [-0.2, 0) is 6.42 Å². The van der Waals surface area contributed by atoms with Crippen molar-refractivity contribution < 1.29 is 14.3 Å². The highest BCUT2D eigenvalue weighted by atomic mass is 16.5. The van der Waals surface area contributed by atoms with E-state index in [1.807, 2.05) is 42.5 Å². The molecule has 0 aliphatic heterocycles. The van der Waals surface area contributed by atoms with Gasteiger partial charge in [0, 0.05) is 0 Å². The molecule has 0 heterocycles. The number of benzene rings is 3. The molecule has 0 radical (unpaired) electrons. The monoisotopic (exact) mass is 498 g/mol. The summed E-state index contributed by atoms with van der Waals surface area (Å²) in [6, 6.07) is 23.6. The molecule has 0 saturated carbocycles. The Morgan fingerprint density at radius 1 is 0.811 bits per heavy atom. The molecule has 37 heavy (non-hydrogen) atoms. The maximum absolute atomic E-state index is 12.6. The Labute approximate surface area is 223 Å². The number of carbonyl (C=O) groups excluding carboxylic acids is 1. The van der Waals surface area contributed by atoms with Gasteiger partial charge in [-0.05, 0) is 91.1 Å². The van der Waals surface area contributed by atoms with E-state index in [2.05, 4.69) is 44.7 Å². The molecule has 0 aromatic heterocycles. The summed E-state index contributed by atoms with van der Waals surface area (Å²) in [5.74, 6) is 1.70. The lowest BCUT2D eigenvalue weighted by atomic mass is 9.97. The molecule has 1 atom stereocenters. The third kappa shape index (κ3) is 9.92. The summed E-state index contributed by atoms with van der Waals surface area (Å²) in [5, 5.41) is 0. The Kier molecular flexibility index (Phi) is 12.0.